The highest BCUT2D eigenvalue weighted by Crippen LogP contribution is 2.11. The van der Waals surface area contributed by atoms with Crippen molar-refractivity contribution in [1.82, 2.24) is 4.90 Å². The quantitative estimate of drug-likeness (QED) is 0.235. The Morgan fingerprint density at radius 3 is 1.92 bits per heavy atom. The van der Waals surface area contributed by atoms with Crippen molar-refractivity contribution in [2.45, 2.75) is 109 Å². The summed E-state index contributed by atoms with van der Waals surface area (Å²) >= 11 is 0. The van der Waals surface area contributed by atoms with E-state index in [1.807, 2.05) is 13.3 Å². The van der Waals surface area contributed by atoms with Crippen LogP contribution in [-0.4, -0.2) is 42.1 Å². The lowest BCUT2D eigenvalue weighted by molar-refractivity contribution is 0.180. The number of aliphatic hydroxyl groups excluding tert-OH is 1. The predicted molar refractivity (Wildman–Crippen MR) is 115 cm³/mol. The molecule has 152 valence electrons. The minimum absolute atomic E-state index is 0.115. The van der Waals surface area contributed by atoms with Gasteiger partial charge in [0, 0.05) is 13.1 Å². The Hall–Kier alpha value is -0.830. The Morgan fingerprint density at radius 2 is 1.38 bits per heavy atom. The third-order valence-electron chi connectivity index (χ3n) is 5.24. The summed E-state index contributed by atoms with van der Waals surface area (Å²) in [4.78, 5) is 6.60. The lowest BCUT2D eigenvalue weighted by atomic mass is 10.1. The number of unbranched alkanes of at least 4 members (excludes halogenated alkanes) is 12. The zero-order chi connectivity index (χ0) is 18.7. The van der Waals surface area contributed by atoms with Crippen LogP contribution < -0.4 is 0 Å². The molecule has 0 aliphatic carbocycles. The molecular formula is C23H44N2O. The molecule has 1 N–H and O–H groups in total. The van der Waals surface area contributed by atoms with E-state index in [9.17, 15) is 5.11 Å². The minimum atomic E-state index is -0.115. The minimum Gasteiger partial charge on any atom is -0.393 e. The molecule has 0 radical (unpaired) electrons. The molecule has 3 heteroatoms. The molecule has 0 aromatic rings. The molecule has 0 saturated heterocycles. The first-order chi connectivity index (χ1) is 12.8. The van der Waals surface area contributed by atoms with Gasteiger partial charge >= 0.3 is 0 Å². The first kappa shape index (κ1) is 23.2. The predicted octanol–water partition coefficient (Wildman–Crippen LogP) is 6.12. The molecule has 1 rings (SSSR count). The molecule has 1 aliphatic rings. The standard InChI is InChI=1S/C23H44N2O/c1-23(26)18-16-14-12-10-8-6-4-2-3-5-7-9-11-13-15-17-20-25-21-19-24-22-25/h2-3,22-23,26H,4-21H2,1H3/b3-2-. The van der Waals surface area contributed by atoms with E-state index in [-0.39, 0.29) is 6.10 Å². The van der Waals surface area contributed by atoms with Gasteiger partial charge in [-0.05, 0) is 45.4 Å². The third-order valence-corrected chi connectivity index (χ3v) is 5.24. The smallest absolute Gasteiger partial charge is 0.0851 e. The molecule has 0 bridgehead atoms. The van der Waals surface area contributed by atoms with Gasteiger partial charge in [-0.15, -0.1) is 0 Å². The lowest BCUT2D eigenvalue weighted by Gasteiger charge is -2.12. The molecule has 1 aliphatic heterocycles. The summed E-state index contributed by atoms with van der Waals surface area (Å²) in [5, 5.41) is 9.20. The first-order valence-electron chi connectivity index (χ1n) is 11.4. The number of aliphatic imine (C=N–C) groups is 1. The van der Waals surface area contributed by atoms with E-state index in [2.05, 4.69) is 22.0 Å². The van der Waals surface area contributed by atoms with Gasteiger partial charge in [0.1, 0.15) is 0 Å². The zero-order valence-corrected chi connectivity index (χ0v) is 17.4. The zero-order valence-electron chi connectivity index (χ0n) is 17.4. The van der Waals surface area contributed by atoms with Crippen molar-refractivity contribution in [1.29, 1.82) is 0 Å². The van der Waals surface area contributed by atoms with E-state index in [1.54, 1.807) is 0 Å². The summed E-state index contributed by atoms with van der Waals surface area (Å²) in [7, 11) is 0. The van der Waals surface area contributed by atoms with Crippen LogP contribution in [0.25, 0.3) is 0 Å². The first-order valence-corrected chi connectivity index (χ1v) is 11.4. The van der Waals surface area contributed by atoms with E-state index in [0.717, 1.165) is 19.5 Å². The Morgan fingerprint density at radius 1 is 0.846 bits per heavy atom. The maximum atomic E-state index is 9.20. The third kappa shape index (κ3) is 15.4. The van der Waals surface area contributed by atoms with Crippen molar-refractivity contribution in [3.63, 3.8) is 0 Å². The largest absolute Gasteiger partial charge is 0.393 e. The number of hydrogen-bond donors (Lipinski definition) is 1. The Balaban J connectivity index is 1.69. The molecular weight excluding hydrogens is 320 g/mol. The molecule has 1 atom stereocenters. The van der Waals surface area contributed by atoms with Gasteiger partial charge in [0.25, 0.3) is 0 Å². The second-order valence-corrected chi connectivity index (χ2v) is 7.99. The van der Waals surface area contributed by atoms with Gasteiger partial charge in [-0.3, -0.25) is 4.99 Å². The molecule has 0 amide bonds. The summed E-state index contributed by atoms with van der Waals surface area (Å²) in [6.45, 7) is 5.22. The van der Waals surface area contributed by atoms with Crippen molar-refractivity contribution >= 4 is 6.34 Å². The normalized spacial score (nSPS) is 15.4. The molecule has 0 aromatic carbocycles. The second kappa shape index (κ2) is 17.6. The second-order valence-electron chi connectivity index (χ2n) is 7.99. The van der Waals surface area contributed by atoms with Gasteiger partial charge in [-0.25, -0.2) is 0 Å². The molecule has 0 spiro atoms. The highest BCUT2D eigenvalue weighted by Gasteiger charge is 2.03. The van der Waals surface area contributed by atoms with Crippen molar-refractivity contribution < 1.29 is 5.11 Å². The fourth-order valence-corrected chi connectivity index (χ4v) is 3.52. The van der Waals surface area contributed by atoms with Crippen LogP contribution in [0.2, 0.25) is 0 Å². The molecule has 1 unspecified atom stereocenters. The Labute approximate surface area is 163 Å². The monoisotopic (exact) mass is 364 g/mol. The maximum absolute atomic E-state index is 9.20. The van der Waals surface area contributed by atoms with Crippen LogP contribution in [0.5, 0.6) is 0 Å². The summed E-state index contributed by atoms with van der Waals surface area (Å²) < 4.78 is 0. The number of nitrogens with zero attached hydrogens (tertiary/aromatic N) is 2. The fraction of sp³-hybridized carbons (Fsp3) is 0.870. The number of rotatable bonds is 18. The van der Waals surface area contributed by atoms with E-state index >= 15 is 0 Å². The average molecular weight is 365 g/mol. The molecule has 3 nitrogen and oxygen atoms in total. The van der Waals surface area contributed by atoms with Crippen LogP contribution in [0.4, 0.5) is 0 Å². The van der Waals surface area contributed by atoms with E-state index in [0.29, 0.717) is 0 Å². The Bertz CT molecular complexity index is 352. The number of hydrogen-bond acceptors (Lipinski definition) is 3. The summed E-state index contributed by atoms with van der Waals surface area (Å²) in [6.07, 6.45) is 26.3. The van der Waals surface area contributed by atoms with Gasteiger partial charge in [0.05, 0.1) is 19.0 Å². The van der Waals surface area contributed by atoms with Crippen LogP contribution in [0.3, 0.4) is 0 Å². The summed E-state index contributed by atoms with van der Waals surface area (Å²) in [6, 6.07) is 0. The SMILES string of the molecule is CC(O)CCCCCCCC/C=C\CCCCCCCCN1C=NCC1. The van der Waals surface area contributed by atoms with Crippen molar-refractivity contribution in [3.05, 3.63) is 12.2 Å². The van der Waals surface area contributed by atoms with Gasteiger partial charge in [-0.2, -0.15) is 0 Å². The van der Waals surface area contributed by atoms with Crippen molar-refractivity contribution in [2.24, 2.45) is 4.99 Å². The summed E-state index contributed by atoms with van der Waals surface area (Å²) in [5.74, 6) is 0. The highest BCUT2D eigenvalue weighted by atomic mass is 16.3. The van der Waals surface area contributed by atoms with Crippen LogP contribution >= 0.6 is 0 Å². The number of allylic oxidation sites excluding steroid dienone is 2. The number of aliphatic hydroxyl groups is 1. The van der Waals surface area contributed by atoms with Crippen LogP contribution in [0, 0.1) is 0 Å². The highest BCUT2D eigenvalue weighted by molar-refractivity contribution is 5.56. The molecule has 0 aromatic heterocycles. The van der Waals surface area contributed by atoms with Gasteiger partial charge in [0.15, 0.2) is 0 Å². The maximum Gasteiger partial charge on any atom is 0.0851 e. The molecule has 0 fully saturated rings. The van der Waals surface area contributed by atoms with Crippen LogP contribution in [0.1, 0.15) is 103 Å². The van der Waals surface area contributed by atoms with E-state index < -0.39 is 0 Å². The van der Waals surface area contributed by atoms with E-state index in [1.165, 1.54) is 96.4 Å². The van der Waals surface area contributed by atoms with Gasteiger partial charge in [0.2, 0.25) is 0 Å². The average Bonchev–Trinajstić information content (AvgIpc) is 3.14. The molecule has 1 heterocycles. The molecule has 0 saturated carbocycles. The van der Waals surface area contributed by atoms with Crippen molar-refractivity contribution in [2.75, 3.05) is 19.6 Å². The van der Waals surface area contributed by atoms with Crippen molar-refractivity contribution in [3.8, 4) is 0 Å². The lowest BCUT2D eigenvalue weighted by Crippen LogP contribution is -2.20. The van der Waals surface area contributed by atoms with Gasteiger partial charge in [-0.1, -0.05) is 69.9 Å². The van der Waals surface area contributed by atoms with Crippen LogP contribution in [-0.2, 0) is 0 Å². The molecule has 26 heavy (non-hydrogen) atoms. The fourth-order valence-electron chi connectivity index (χ4n) is 3.52. The Kier molecular flexibility index (Phi) is 15.7. The van der Waals surface area contributed by atoms with Crippen LogP contribution in [0.15, 0.2) is 17.1 Å². The summed E-state index contributed by atoms with van der Waals surface area (Å²) in [5.41, 5.74) is 0. The van der Waals surface area contributed by atoms with E-state index in [4.69, 9.17) is 0 Å². The topological polar surface area (TPSA) is 35.8 Å². The van der Waals surface area contributed by atoms with Gasteiger partial charge < -0.3 is 10.0 Å².